The van der Waals surface area contributed by atoms with Crippen LogP contribution in [0.3, 0.4) is 0 Å². The van der Waals surface area contributed by atoms with Gasteiger partial charge in [-0.3, -0.25) is 4.79 Å². The van der Waals surface area contributed by atoms with Crippen LogP contribution in [0.2, 0.25) is 0 Å². The van der Waals surface area contributed by atoms with Gasteiger partial charge in [0.1, 0.15) is 6.04 Å². The van der Waals surface area contributed by atoms with E-state index < -0.39 is 6.04 Å². The second kappa shape index (κ2) is 5.66. The minimum atomic E-state index is -0.424. The van der Waals surface area contributed by atoms with Crippen LogP contribution in [0.15, 0.2) is 22.7 Å². The Kier molecular flexibility index (Phi) is 4.51. The third kappa shape index (κ3) is 3.35. The van der Waals surface area contributed by atoms with Crippen molar-refractivity contribution in [1.82, 2.24) is 5.32 Å². The van der Waals surface area contributed by atoms with Crippen LogP contribution in [0, 0.1) is 18.3 Å². The first-order valence-corrected chi connectivity index (χ1v) is 5.83. The Labute approximate surface area is 104 Å². The lowest BCUT2D eigenvalue weighted by Crippen LogP contribution is -2.33. The summed E-state index contributed by atoms with van der Waals surface area (Å²) in [4.78, 5) is 11.8. The molecule has 1 unspecified atom stereocenters. The zero-order chi connectivity index (χ0) is 12.1. The van der Waals surface area contributed by atoms with E-state index in [1.165, 1.54) is 0 Å². The Morgan fingerprint density at radius 2 is 2.25 bits per heavy atom. The molecule has 16 heavy (non-hydrogen) atoms. The molecular formula is C12H13BrN2O. The number of nitrogens with one attached hydrogen (secondary N) is 1. The van der Waals surface area contributed by atoms with Gasteiger partial charge >= 0.3 is 0 Å². The van der Waals surface area contributed by atoms with Crippen LogP contribution in [-0.2, 0) is 0 Å². The maximum atomic E-state index is 11.8. The van der Waals surface area contributed by atoms with Gasteiger partial charge in [0.05, 0.1) is 6.07 Å². The molecule has 3 nitrogen and oxygen atoms in total. The molecule has 0 heterocycles. The summed E-state index contributed by atoms with van der Waals surface area (Å²) < 4.78 is 0.864. The molecular weight excluding hydrogens is 268 g/mol. The molecule has 0 saturated carbocycles. The van der Waals surface area contributed by atoms with E-state index in [4.69, 9.17) is 5.26 Å². The van der Waals surface area contributed by atoms with Crippen LogP contribution in [0.5, 0.6) is 0 Å². The van der Waals surface area contributed by atoms with Crippen molar-refractivity contribution >= 4 is 21.8 Å². The molecule has 1 atom stereocenters. The molecule has 4 heteroatoms. The minimum Gasteiger partial charge on any atom is -0.336 e. The van der Waals surface area contributed by atoms with Gasteiger partial charge in [-0.25, -0.2) is 0 Å². The monoisotopic (exact) mass is 280 g/mol. The summed E-state index contributed by atoms with van der Waals surface area (Å²) in [5.41, 5.74) is 1.57. The first-order valence-electron chi connectivity index (χ1n) is 5.04. The Balaban J connectivity index is 2.85. The second-order valence-corrected chi connectivity index (χ2v) is 4.50. The summed E-state index contributed by atoms with van der Waals surface area (Å²) in [7, 11) is 0. The topological polar surface area (TPSA) is 52.9 Å². The molecule has 1 rings (SSSR count). The Morgan fingerprint density at radius 1 is 1.56 bits per heavy atom. The molecule has 0 aromatic heterocycles. The van der Waals surface area contributed by atoms with Crippen LogP contribution in [0.4, 0.5) is 0 Å². The van der Waals surface area contributed by atoms with Crippen molar-refractivity contribution in [3.8, 4) is 6.07 Å². The molecule has 0 fully saturated rings. The van der Waals surface area contributed by atoms with Crippen molar-refractivity contribution in [2.24, 2.45) is 0 Å². The number of amides is 1. The molecule has 1 aromatic rings. The van der Waals surface area contributed by atoms with Crippen molar-refractivity contribution in [2.75, 3.05) is 0 Å². The summed E-state index contributed by atoms with van der Waals surface area (Å²) in [5.74, 6) is -0.210. The third-order valence-corrected chi connectivity index (χ3v) is 2.63. The van der Waals surface area contributed by atoms with E-state index >= 15 is 0 Å². The van der Waals surface area contributed by atoms with Gasteiger partial charge in [-0.2, -0.15) is 5.26 Å². The molecule has 0 saturated heterocycles. The lowest BCUT2D eigenvalue weighted by atomic mass is 10.1. The van der Waals surface area contributed by atoms with Crippen molar-refractivity contribution in [2.45, 2.75) is 26.3 Å². The van der Waals surface area contributed by atoms with Crippen molar-refractivity contribution in [3.05, 3.63) is 33.8 Å². The highest BCUT2D eigenvalue weighted by molar-refractivity contribution is 9.10. The fourth-order valence-electron chi connectivity index (χ4n) is 1.33. The number of hydrogen-bond donors (Lipinski definition) is 1. The van der Waals surface area contributed by atoms with Crippen molar-refractivity contribution < 1.29 is 4.79 Å². The van der Waals surface area contributed by atoms with Gasteiger partial charge in [0.2, 0.25) is 0 Å². The zero-order valence-corrected chi connectivity index (χ0v) is 10.8. The summed E-state index contributed by atoms with van der Waals surface area (Å²) in [6.45, 7) is 3.78. The smallest absolute Gasteiger partial charge is 0.252 e. The molecule has 1 aromatic carbocycles. The van der Waals surface area contributed by atoms with Crippen molar-refractivity contribution in [1.29, 1.82) is 5.26 Å². The normalized spacial score (nSPS) is 11.6. The Bertz CT molecular complexity index is 417. The van der Waals surface area contributed by atoms with E-state index in [9.17, 15) is 4.79 Å². The minimum absolute atomic E-state index is 0.210. The number of carbonyl (C=O) groups is 1. The molecule has 0 spiro atoms. The van der Waals surface area contributed by atoms with Gasteiger partial charge in [-0.05, 0) is 37.1 Å². The zero-order valence-electron chi connectivity index (χ0n) is 9.25. The molecule has 84 valence electrons. The van der Waals surface area contributed by atoms with E-state index in [1.807, 2.05) is 26.0 Å². The summed E-state index contributed by atoms with van der Waals surface area (Å²) >= 11 is 3.34. The molecule has 0 bridgehead atoms. The van der Waals surface area contributed by atoms with Gasteiger partial charge in [-0.1, -0.05) is 22.9 Å². The predicted molar refractivity (Wildman–Crippen MR) is 66.0 cm³/mol. The molecule has 0 radical (unpaired) electrons. The summed E-state index contributed by atoms with van der Waals surface area (Å²) in [6.07, 6.45) is 0.606. The Morgan fingerprint density at radius 3 is 2.75 bits per heavy atom. The van der Waals surface area contributed by atoms with Crippen molar-refractivity contribution in [3.63, 3.8) is 0 Å². The highest BCUT2D eigenvalue weighted by Crippen LogP contribution is 2.15. The maximum Gasteiger partial charge on any atom is 0.252 e. The number of aryl methyl sites for hydroxylation is 1. The van der Waals surface area contributed by atoms with E-state index in [-0.39, 0.29) is 5.91 Å². The van der Waals surface area contributed by atoms with Crippen LogP contribution in [-0.4, -0.2) is 11.9 Å². The number of nitriles is 1. The SMILES string of the molecule is CCC(C#N)NC(=O)c1cc(C)cc(Br)c1. The van der Waals surface area contributed by atoms with Gasteiger partial charge < -0.3 is 5.32 Å². The number of carbonyl (C=O) groups excluding carboxylic acids is 1. The number of hydrogen-bond acceptors (Lipinski definition) is 2. The summed E-state index contributed by atoms with van der Waals surface area (Å²) in [5, 5.41) is 11.4. The number of benzene rings is 1. The molecule has 1 amide bonds. The first kappa shape index (κ1) is 12.7. The largest absolute Gasteiger partial charge is 0.336 e. The lowest BCUT2D eigenvalue weighted by molar-refractivity contribution is 0.0944. The standard InChI is InChI=1S/C12H13BrN2O/c1-3-11(7-14)15-12(16)9-4-8(2)5-10(13)6-9/h4-6,11H,3H2,1-2H3,(H,15,16). The maximum absolute atomic E-state index is 11.8. The number of halogens is 1. The summed E-state index contributed by atoms with van der Waals surface area (Å²) in [6, 6.07) is 7.08. The fourth-order valence-corrected chi connectivity index (χ4v) is 1.94. The van der Waals surface area contributed by atoms with Crippen LogP contribution >= 0.6 is 15.9 Å². The fraction of sp³-hybridized carbons (Fsp3) is 0.333. The average molecular weight is 281 g/mol. The van der Waals surface area contributed by atoms with E-state index in [0.717, 1.165) is 10.0 Å². The van der Waals surface area contributed by atoms with E-state index in [0.29, 0.717) is 12.0 Å². The van der Waals surface area contributed by atoms with Gasteiger partial charge in [0.15, 0.2) is 0 Å². The molecule has 1 N–H and O–H groups in total. The predicted octanol–water partition coefficient (Wildman–Crippen LogP) is 2.79. The quantitative estimate of drug-likeness (QED) is 0.926. The lowest BCUT2D eigenvalue weighted by Gasteiger charge is -2.09. The van der Waals surface area contributed by atoms with Crippen LogP contribution < -0.4 is 5.32 Å². The van der Waals surface area contributed by atoms with Crippen LogP contribution in [0.1, 0.15) is 29.3 Å². The van der Waals surface area contributed by atoms with Crippen LogP contribution in [0.25, 0.3) is 0 Å². The molecule has 0 aliphatic carbocycles. The van der Waals surface area contributed by atoms with E-state index in [1.54, 1.807) is 12.1 Å². The molecule has 0 aliphatic heterocycles. The number of rotatable bonds is 3. The average Bonchev–Trinajstić information content (AvgIpc) is 2.24. The second-order valence-electron chi connectivity index (χ2n) is 3.58. The van der Waals surface area contributed by atoms with Gasteiger partial charge in [0.25, 0.3) is 5.91 Å². The molecule has 0 aliphatic rings. The third-order valence-electron chi connectivity index (χ3n) is 2.17. The van der Waals surface area contributed by atoms with Gasteiger partial charge in [0, 0.05) is 10.0 Å². The van der Waals surface area contributed by atoms with Gasteiger partial charge in [-0.15, -0.1) is 0 Å². The highest BCUT2D eigenvalue weighted by Gasteiger charge is 2.11. The Hall–Kier alpha value is -1.34. The number of nitrogens with zero attached hydrogens (tertiary/aromatic N) is 1. The van der Waals surface area contributed by atoms with E-state index in [2.05, 4.69) is 21.2 Å². The first-order chi connectivity index (χ1) is 7.56. The highest BCUT2D eigenvalue weighted by atomic mass is 79.9.